The molecule has 2 aromatic carbocycles. The van der Waals surface area contributed by atoms with Crippen molar-refractivity contribution in [2.24, 2.45) is 5.92 Å². The number of nitrogens with zero attached hydrogens (tertiary/aromatic N) is 1. The van der Waals surface area contributed by atoms with Crippen molar-refractivity contribution in [3.05, 3.63) is 60.2 Å². The fraction of sp³-hybridized carbons (Fsp3) is 0.286. The normalized spacial score (nSPS) is 19.5. The van der Waals surface area contributed by atoms with E-state index in [1.54, 1.807) is 36.2 Å². The molecule has 0 saturated carbocycles. The average molecular weight is 365 g/mol. The minimum absolute atomic E-state index is 0.0422. The number of nitrogens with one attached hydrogen (secondary N) is 2. The number of hydrogen-bond donors (Lipinski definition) is 2. The molecule has 0 aromatic heterocycles. The van der Waals surface area contributed by atoms with Crippen LogP contribution in [-0.2, 0) is 14.4 Å². The predicted octanol–water partition coefficient (Wildman–Crippen LogP) is 3.19. The highest BCUT2D eigenvalue weighted by molar-refractivity contribution is 5.96. The van der Waals surface area contributed by atoms with Gasteiger partial charge in [-0.25, -0.2) is 0 Å². The van der Waals surface area contributed by atoms with Crippen molar-refractivity contribution in [2.45, 2.75) is 25.8 Å². The molecule has 1 aliphatic rings. The molecule has 1 saturated heterocycles. The van der Waals surface area contributed by atoms with Crippen LogP contribution in [0.15, 0.2) is 54.6 Å². The van der Waals surface area contributed by atoms with E-state index in [2.05, 4.69) is 10.6 Å². The van der Waals surface area contributed by atoms with Crippen molar-refractivity contribution >= 4 is 29.1 Å². The molecule has 1 fully saturated rings. The minimum Gasteiger partial charge on any atom is -0.338 e. The maximum absolute atomic E-state index is 13.0. The summed E-state index contributed by atoms with van der Waals surface area (Å²) in [5.74, 6) is -0.613. The molecule has 2 N–H and O–H groups in total. The summed E-state index contributed by atoms with van der Waals surface area (Å²) in [6.07, 6.45) is 0.851. The molecule has 6 nitrogen and oxygen atoms in total. The van der Waals surface area contributed by atoms with E-state index in [0.717, 1.165) is 5.56 Å². The third-order valence-electron chi connectivity index (χ3n) is 4.79. The largest absolute Gasteiger partial charge is 0.338 e. The molecule has 3 amide bonds. The first kappa shape index (κ1) is 18.6. The summed E-state index contributed by atoms with van der Waals surface area (Å²) in [4.78, 5) is 38.1. The van der Waals surface area contributed by atoms with Crippen LogP contribution in [0.4, 0.5) is 11.4 Å². The van der Waals surface area contributed by atoms with E-state index in [1.807, 2.05) is 30.3 Å². The Morgan fingerprint density at radius 3 is 2.33 bits per heavy atom. The first-order valence-electron chi connectivity index (χ1n) is 8.95. The van der Waals surface area contributed by atoms with Crippen molar-refractivity contribution in [3.8, 4) is 0 Å². The summed E-state index contributed by atoms with van der Waals surface area (Å²) >= 11 is 0. The molecular weight excluding hydrogens is 342 g/mol. The van der Waals surface area contributed by atoms with E-state index in [1.165, 1.54) is 6.92 Å². The SMILES string of the molecule is CC(=O)Nc1cccc(NC(=O)[C@H]2CCC(=O)N(C)[C@H]2c2ccccc2)c1. The first-order valence-corrected chi connectivity index (χ1v) is 8.95. The lowest BCUT2D eigenvalue weighted by atomic mass is 9.84. The van der Waals surface area contributed by atoms with Gasteiger partial charge in [-0.3, -0.25) is 14.4 Å². The Labute approximate surface area is 158 Å². The molecule has 0 bridgehead atoms. The van der Waals surface area contributed by atoms with Crippen LogP contribution in [0.3, 0.4) is 0 Å². The second-order valence-electron chi connectivity index (χ2n) is 6.76. The van der Waals surface area contributed by atoms with Crippen LogP contribution in [0.1, 0.15) is 31.4 Å². The molecule has 0 radical (unpaired) electrons. The number of anilines is 2. The summed E-state index contributed by atoms with van der Waals surface area (Å²) in [6, 6.07) is 16.3. The first-order chi connectivity index (χ1) is 13.0. The number of amides is 3. The van der Waals surface area contributed by atoms with Crippen molar-refractivity contribution in [1.29, 1.82) is 0 Å². The van der Waals surface area contributed by atoms with E-state index in [4.69, 9.17) is 0 Å². The summed E-state index contributed by atoms with van der Waals surface area (Å²) in [5, 5.41) is 5.63. The van der Waals surface area contributed by atoms with Crippen LogP contribution in [-0.4, -0.2) is 29.7 Å². The summed E-state index contributed by atoms with van der Waals surface area (Å²) in [7, 11) is 1.75. The number of carbonyl (C=O) groups excluding carboxylic acids is 3. The zero-order valence-corrected chi connectivity index (χ0v) is 15.4. The van der Waals surface area contributed by atoms with Gasteiger partial charge in [0.2, 0.25) is 17.7 Å². The third-order valence-corrected chi connectivity index (χ3v) is 4.79. The third kappa shape index (κ3) is 4.34. The quantitative estimate of drug-likeness (QED) is 0.873. The van der Waals surface area contributed by atoms with Crippen molar-refractivity contribution in [3.63, 3.8) is 0 Å². The van der Waals surface area contributed by atoms with Crippen LogP contribution in [0.25, 0.3) is 0 Å². The fourth-order valence-corrected chi connectivity index (χ4v) is 3.53. The summed E-state index contributed by atoms with van der Waals surface area (Å²) in [6.45, 7) is 1.44. The van der Waals surface area contributed by atoms with Crippen LogP contribution in [0.5, 0.6) is 0 Å². The topological polar surface area (TPSA) is 78.5 Å². The Bertz CT molecular complexity index is 851. The average Bonchev–Trinajstić information content (AvgIpc) is 2.64. The number of likely N-dealkylation sites (tertiary alicyclic amines) is 1. The molecule has 0 spiro atoms. The highest BCUT2D eigenvalue weighted by atomic mass is 16.2. The maximum atomic E-state index is 13.0. The molecule has 3 rings (SSSR count). The predicted molar refractivity (Wildman–Crippen MR) is 104 cm³/mol. The van der Waals surface area contributed by atoms with Gasteiger partial charge in [0, 0.05) is 31.8 Å². The highest BCUT2D eigenvalue weighted by Crippen LogP contribution is 2.36. The second-order valence-corrected chi connectivity index (χ2v) is 6.76. The number of benzene rings is 2. The van der Waals surface area contributed by atoms with Gasteiger partial charge in [0.05, 0.1) is 12.0 Å². The number of hydrogen-bond acceptors (Lipinski definition) is 3. The van der Waals surface area contributed by atoms with Gasteiger partial charge < -0.3 is 15.5 Å². The van der Waals surface area contributed by atoms with Gasteiger partial charge in [-0.15, -0.1) is 0 Å². The number of piperidine rings is 1. The van der Waals surface area contributed by atoms with E-state index in [-0.39, 0.29) is 29.7 Å². The zero-order valence-electron chi connectivity index (χ0n) is 15.4. The molecule has 0 aliphatic carbocycles. The van der Waals surface area contributed by atoms with Gasteiger partial charge >= 0.3 is 0 Å². The van der Waals surface area contributed by atoms with Crippen LogP contribution >= 0.6 is 0 Å². The second kappa shape index (κ2) is 8.03. The lowest BCUT2D eigenvalue weighted by Crippen LogP contribution is -2.44. The summed E-state index contributed by atoms with van der Waals surface area (Å²) < 4.78 is 0. The molecule has 1 heterocycles. The minimum atomic E-state index is -0.348. The Morgan fingerprint density at radius 2 is 1.67 bits per heavy atom. The van der Waals surface area contributed by atoms with E-state index in [9.17, 15) is 14.4 Å². The maximum Gasteiger partial charge on any atom is 0.229 e. The molecule has 6 heteroatoms. The van der Waals surface area contributed by atoms with Gasteiger partial charge in [0.25, 0.3) is 0 Å². The van der Waals surface area contributed by atoms with E-state index < -0.39 is 0 Å². The Balaban J connectivity index is 1.82. The van der Waals surface area contributed by atoms with Crippen LogP contribution in [0, 0.1) is 5.92 Å². The van der Waals surface area contributed by atoms with Crippen LogP contribution in [0.2, 0.25) is 0 Å². The van der Waals surface area contributed by atoms with Gasteiger partial charge in [-0.2, -0.15) is 0 Å². The Kier molecular flexibility index (Phi) is 5.54. The lowest BCUT2D eigenvalue weighted by Gasteiger charge is -2.38. The van der Waals surface area contributed by atoms with Crippen molar-refractivity contribution < 1.29 is 14.4 Å². The van der Waals surface area contributed by atoms with Gasteiger partial charge in [0.1, 0.15) is 0 Å². The zero-order chi connectivity index (χ0) is 19.4. The molecule has 27 heavy (non-hydrogen) atoms. The lowest BCUT2D eigenvalue weighted by molar-refractivity contribution is -0.140. The number of rotatable bonds is 4. The van der Waals surface area contributed by atoms with E-state index in [0.29, 0.717) is 24.2 Å². The Morgan fingerprint density at radius 1 is 1.00 bits per heavy atom. The van der Waals surface area contributed by atoms with Crippen LogP contribution < -0.4 is 10.6 Å². The smallest absolute Gasteiger partial charge is 0.229 e. The van der Waals surface area contributed by atoms with E-state index >= 15 is 0 Å². The molecule has 2 atom stereocenters. The van der Waals surface area contributed by atoms with Crippen molar-refractivity contribution in [2.75, 3.05) is 17.7 Å². The van der Waals surface area contributed by atoms with Gasteiger partial charge in [-0.1, -0.05) is 36.4 Å². The van der Waals surface area contributed by atoms with Gasteiger partial charge in [-0.05, 0) is 30.2 Å². The highest BCUT2D eigenvalue weighted by Gasteiger charge is 2.38. The monoisotopic (exact) mass is 365 g/mol. The van der Waals surface area contributed by atoms with Crippen molar-refractivity contribution in [1.82, 2.24) is 4.90 Å². The summed E-state index contributed by atoms with van der Waals surface area (Å²) in [5.41, 5.74) is 2.17. The molecule has 140 valence electrons. The Hall–Kier alpha value is -3.15. The molecular formula is C21H23N3O3. The molecule has 1 aliphatic heterocycles. The van der Waals surface area contributed by atoms with Gasteiger partial charge in [0.15, 0.2) is 0 Å². The molecule has 2 aromatic rings. The standard InChI is InChI=1S/C21H23N3O3/c1-14(25)22-16-9-6-10-17(13-16)23-21(27)18-11-12-19(26)24(2)20(18)15-7-4-3-5-8-15/h3-10,13,18,20H,11-12H2,1-2H3,(H,22,25)(H,23,27)/t18-,20-/m0/s1. The molecule has 0 unspecified atom stereocenters. The number of carbonyl (C=O) groups is 3. The fourth-order valence-electron chi connectivity index (χ4n) is 3.53.